The summed E-state index contributed by atoms with van der Waals surface area (Å²) in [5.41, 5.74) is 8.02. The highest BCUT2D eigenvalue weighted by Gasteiger charge is 2.20. The third-order valence-corrected chi connectivity index (χ3v) is 3.64. The summed E-state index contributed by atoms with van der Waals surface area (Å²) in [6, 6.07) is 4.66. The van der Waals surface area contributed by atoms with Crippen LogP contribution in [0, 0.1) is 12.8 Å². The monoisotopic (exact) mass is 291 g/mol. The molecule has 0 saturated heterocycles. The Balaban J connectivity index is 2.81. The lowest BCUT2D eigenvalue weighted by Gasteiger charge is -2.18. The van der Waals surface area contributed by atoms with Crippen molar-refractivity contribution < 1.29 is 9.59 Å². The standard InChI is InChI=1S/C16H25N3O2/c1-5-10(3)14(17)16(21)19-13-8-7-12(9-11(13)4)15(20)18-6-2/h7-10,14H,5-6,17H2,1-4H3,(H,18,20)(H,19,21)/t10-,14-/m0/s1. The number of rotatable bonds is 6. The summed E-state index contributed by atoms with van der Waals surface area (Å²) in [7, 11) is 0. The van der Waals surface area contributed by atoms with Crippen LogP contribution in [0.5, 0.6) is 0 Å². The number of carbonyl (C=O) groups excluding carboxylic acids is 2. The summed E-state index contributed by atoms with van der Waals surface area (Å²) in [6.45, 7) is 8.27. The van der Waals surface area contributed by atoms with Gasteiger partial charge in [-0.2, -0.15) is 0 Å². The second-order valence-electron chi connectivity index (χ2n) is 5.29. The van der Waals surface area contributed by atoms with Gasteiger partial charge < -0.3 is 16.4 Å². The molecule has 0 aromatic heterocycles. The predicted molar refractivity (Wildman–Crippen MR) is 85.2 cm³/mol. The van der Waals surface area contributed by atoms with E-state index in [1.54, 1.807) is 18.2 Å². The molecule has 0 saturated carbocycles. The summed E-state index contributed by atoms with van der Waals surface area (Å²) in [6.07, 6.45) is 0.851. The molecular weight excluding hydrogens is 266 g/mol. The first-order valence-corrected chi connectivity index (χ1v) is 7.35. The number of benzene rings is 1. The van der Waals surface area contributed by atoms with Crippen molar-refractivity contribution in [3.8, 4) is 0 Å². The Morgan fingerprint density at radius 3 is 2.48 bits per heavy atom. The van der Waals surface area contributed by atoms with Gasteiger partial charge in [-0.25, -0.2) is 0 Å². The van der Waals surface area contributed by atoms with Gasteiger partial charge >= 0.3 is 0 Å². The van der Waals surface area contributed by atoms with Crippen LogP contribution in [-0.4, -0.2) is 24.4 Å². The van der Waals surface area contributed by atoms with Crippen molar-refractivity contribution in [1.29, 1.82) is 0 Å². The normalized spacial score (nSPS) is 13.4. The molecule has 0 heterocycles. The van der Waals surface area contributed by atoms with Gasteiger partial charge in [-0.15, -0.1) is 0 Å². The first-order chi connectivity index (χ1) is 9.90. The third-order valence-electron chi connectivity index (χ3n) is 3.64. The number of carbonyl (C=O) groups is 2. The molecule has 2 atom stereocenters. The van der Waals surface area contributed by atoms with Crippen molar-refractivity contribution in [3.63, 3.8) is 0 Å². The van der Waals surface area contributed by atoms with Crippen LogP contribution in [0.3, 0.4) is 0 Å². The van der Waals surface area contributed by atoms with E-state index in [0.29, 0.717) is 17.8 Å². The zero-order valence-corrected chi connectivity index (χ0v) is 13.2. The Hall–Kier alpha value is -1.88. The molecule has 0 radical (unpaired) electrons. The minimum atomic E-state index is -0.530. The molecule has 0 aliphatic rings. The Morgan fingerprint density at radius 2 is 1.95 bits per heavy atom. The molecule has 0 spiro atoms. The summed E-state index contributed by atoms with van der Waals surface area (Å²) >= 11 is 0. The van der Waals surface area contributed by atoms with Crippen molar-refractivity contribution >= 4 is 17.5 Å². The number of hydrogen-bond acceptors (Lipinski definition) is 3. The molecule has 21 heavy (non-hydrogen) atoms. The van der Waals surface area contributed by atoms with E-state index in [9.17, 15) is 9.59 Å². The number of nitrogens with two attached hydrogens (primary N) is 1. The van der Waals surface area contributed by atoms with E-state index >= 15 is 0 Å². The Kier molecular flexibility index (Phi) is 6.37. The molecular formula is C16H25N3O2. The Morgan fingerprint density at radius 1 is 1.29 bits per heavy atom. The van der Waals surface area contributed by atoms with Gasteiger partial charge in [0.25, 0.3) is 5.91 Å². The highest BCUT2D eigenvalue weighted by molar-refractivity contribution is 5.98. The molecule has 5 nitrogen and oxygen atoms in total. The van der Waals surface area contributed by atoms with Crippen molar-refractivity contribution in [3.05, 3.63) is 29.3 Å². The van der Waals surface area contributed by atoms with Crippen LogP contribution in [0.1, 0.15) is 43.1 Å². The van der Waals surface area contributed by atoms with E-state index in [4.69, 9.17) is 5.73 Å². The van der Waals surface area contributed by atoms with Crippen molar-refractivity contribution in [1.82, 2.24) is 5.32 Å². The molecule has 0 aliphatic carbocycles. The fraction of sp³-hybridized carbons (Fsp3) is 0.500. The van der Waals surface area contributed by atoms with E-state index < -0.39 is 6.04 Å². The van der Waals surface area contributed by atoms with Crippen LogP contribution in [0.25, 0.3) is 0 Å². The van der Waals surface area contributed by atoms with Gasteiger partial charge in [0.15, 0.2) is 0 Å². The topological polar surface area (TPSA) is 84.2 Å². The first-order valence-electron chi connectivity index (χ1n) is 7.35. The number of hydrogen-bond donors (Lipinski definition) is 3. The van der Waals surface area contributed by atoms with Gasteiger partial charge in [0.2, 0.25) is 5.91 Å². The van der Waals surface area contributed by atoms with Crippen molar-refractivity contribution in [2.45, 2.75) is 40.2 Å². The maximum absolute atomic E-state index is 12.1. The average molecular weight is 291 g/mol. The summed E-state index contributed by atoms with van der Waals surface area (Å²) in [5, 5.41) is 5.57. The second-order valence-corrected chi connectivity index (χ2v) is 5.29. The minimum absolute atomic E-state index is 0.116. The highest BCUT2D eigenvalue weighted by atomic mass is 16.2. The van der Waals surface area contributed by atoms with Gasteiger partial charge in [-0.1, -0.05) is 20.3 Å². The molecule has 0 unspecified atom stereocenters. The number of aryl methyl sites for hydroxylation is 1. The molecule has 1 aromatic rings. The second kappa shape index (κ2) is 7.78. The third kappa shape index (κ3) is 4.56. The molecule has 1 aromatic carbocycles. The number of anilines is 1. The zero-order chi connectivity index (χ0) is 16.0. The van der Waals surface area contributed by atoms with Crippen LogP contribution < -0.4 is 16.4 Å². The molecule has 0 aliphatic heterocycles. The number of amides is 2. The van der Waals surface area contributed by atoms with Crippen LogP contribution in [0.15, 0.2) is 18.2 Å². The molecule has 1 rings (SSSR count). The predicted octanol–water partition coefficient (Wildman–Crippen LogP) is 2.06. The Bertz CT molecular complexity index is 514. The van der Waals surface area contributed by atoms with Crippen LogP contribution >= 0.6 is 0 Å². The fourth-order valence-corrected chi connectivity index (χ4v) is 1.94. The lowest BCUT2D eigenvalue weighted by molar-refractivity contribution is -0.118. The van der Waals surface area contributed by atoms with Gasteiger partial charge in [0.05, 0.1) is 6.04 Å². The lowest BCUT2D eigenvalue weighted by atomic mass is 9.99. The average Bonchev–Trinajstić information content (AvgIpc) is 2.47. The van der Waals surface area contributed by atoms with Crippen molar-refractivity contribution in [2.24, 2.45) is 11.7 Å². The number of nitrogens with one attached hydrogen (secondary N) is 2. The smallest absolute Gasteiger partial charge is 0.251 e. The van der Waals surface area contributed by atoms with Crippen LogP contribution in [-0.2, 0) is 4.79 Å². The maximum Gasteiger partial charge on any atom is 0.251 e. The van der Waals surface area contributed by atoms with Crippen LogP contribution in [0.2, 0.25) is 0 Å². The summed E-state index contributed by atoms with van der Waals surface area (Å²) in [5.74, 6) is -0.187. The highest BCUT2D eigenvalue weighted by Crippen LogP contribution is 2.18. The van der Waals surface area contributed by atoms with Gasteiger partial charge in [-0.3, -0.25) is 9.59 Å². The largest absolute Gasteiger partial charge is 0.352 e. The summed E-state index contributed by atoms with van der Waals surface area (Å²) < 4.78 is 0. The SMILES string of the molecule is CCNC(=O)c1ccc(NC(=O)[C@@H](N)[C@@H](C)CC)c(C)c1. The maximum atomic E-state index is 12.1. The quantitative estimate of drug-likeness (QED) is 0.750. The van der Waals surface area contributed by atoms with E-state index in [1.807, 2.05) is 27.7 Å². The van der Waals surface area contributed by atoms with E-state index in [1.165, 1.54) is 0 Å². The lowest BCUT2D eigenvalue weighted by Crippen LogP contribution is -2.40. The molecule has 2 amide bonds. The molecule has 4 N–H and O–H groups in total. The van der Waals surface area contributed by atoms with E-state index in [0.717, 1.165) is 12.0 Å². The van der Waals surface area contributed by atoms with Gasteiger partial charge in [-0.05, 0) is 43.5 Å². The fourth-order valence-electron chi connectivity index (χ4n) is 1.94. The molecule has 0 fully saturated rings. The van der Waals surface area contributed by atoms with Gasteiger partial charge in [0.1, 0.15) is 0 Å². The van der Waals surface area contributed by atoms with E-state index in [-0.39, 0.29) is 17.7 Å². The minimum Gasteiger partial charge on any atom is -0.352 e. The van der Waals surface area contributed by atoms with Gasteiger partial charge in [0, 0.05) is 17.8 Å². The molecule has 5 heteroatoms. The summed E-state index contributed by atoms with van der Waals surface area (Å²) in [4.78, 5) is 23.8. The molecule has 116 valence electrons. The Labute approximate surface area is 126 Å². The first kappa shape index (κ1) is 17.2. The zero-order valence-electron chi connectivity index (χ0n) is 13.2. The molecule has 0 bridgehead atoms. The van der Waals surface area contributed by atoms with Crippen molar-refractivity contribution in [2.75, 3.05) is 11.9 Å². The van der Waals surface area contributed by atoms with Crippen LogP contribution in [0.4, 0.5) is 5.69 Å². The van der Waals surface area contributed by atoms with E-state index in [2.05, 4.69) is 10.6 Å².